The Bertz CT molecular complexity index is 181. The molecule has 14 heavy (non-hydrogen) atoms. The lowest BCUT2D eigenvalue weighted by Gasteiger charge is -2.13. The van der Waals surface area contributed by atoms with Crippen LogP contribution in [0.3, 0.4) is 0 Å². The largest absolute Gasteiger partial charge is 0.373 e. The molecule has 0 aromatic heterocycles. The number of ether oxygens (including phenoxy) is 3. The predicted molar refractivity (Wildman–Crippen MR) is 51.2 cm³/mol. The van der Waals surface area contributed by atoms with Crippen molar-refractivity contribution in [2.24, 2.45) is 5.92 Å². The van der Waals surface area contributed by atoms with Gasteiger partial charge in [0.1, 0.15) is 0 Å². The summed E-state index contributed by atoms with van der Waals surface area (Å²) in [7, 11) is 0. The highest BCUT2D eigenvalue weighted by molar-refractivity contribution is 4.81. The van der Waals surface area contributed by atoms with Crippen LogP contribution in [-0.4, -0.2) is 38.1 Å². The first-order chi connectivity index (χ1) is 6.90. The van der Waals surface area contributed by atoms with E-state index >= 15 is 0 Å². The van der Waals surface area contributed by atoms with Gasteiger partial charge in [-0.3, -0.25) is 0 Å². The molecule has 0 spiro atoms. The van der Waals surface area contributed by atoms with Crippen LogP contribution in [0.5, 0.6) is 0 Å². The van der Waals surface area contributed by atoms with E-state index in [-0.39, 0.29) is 0 Å². The molecule has 3 rings (SSSR count). The van der Waals surface area contributed by atoms with E-state index in [1.165, 1.54) is 25.7 Å². The third kappa shape index (κ3) is 2.94. The van der Waals surface area contributed by atoms with E-state index in [0.29, 0.717) is 18.3 Å². The summed E-state index contributed by atoms with van der Waals surface area (Å²) in [4.78, 5) is 0. The molecule has 0 saturated carbocycles. The summed E-state index contributed by atoms with van der Waals surface area (Å²) in [5.74, 6) is 0.805. The number of hydrogen-bond donors (Lipinski definition) is 0. The molecule has 0 N–H and O–H groups in total. The van der Waals surface area contributed by atoms with Crippen molar-refractivity contribution in [1.29, 1.82) is 0 Å². The standard InChI is InChI=1S/C11H18O3/c1(2-9-5-12-9)8(3-10-6-13-10)4-11-7-14-11/h8-11H,1-7H2. The van der Waals surface area contributed by atoms with Gasteiger partial charge in [-0.05, 0) is 31.6 Å². The zero-order valence-corrected chi connectivity index (χ0v) is 8.48. The van der Waals surface area contributed by atoms with Gasteiger partial charge in [-0.15, -0.1) is 0 Å². The van der Waals surface area contributed by atoms with Crippen LogP contribution >= 0.6 is 0 Å². The van der Waals surface area contributed by atoms with Crippen molar-refractivity contribution in [1.82, 2.24) is 0 Å². The Morgan fingerprint density at radius 3 is 1.79 bits per heavy atom. The summed E-state index contributed by atoms with van der Waals surface area (Å²) in [6.07, 6.45) is 6.74. The minimum atomic E-state index is 0.568. The second-order valence-electron chi connectivity index (χ2n) is 4.78. The second-order valence-corrected chi connectivity index (χ2v) is 4.78. The van der Waals surface area contributed by atoms with Crippen LogP contribution in [0.1, 0.15) is 25.7 Å². The molecule has 3 nitrogen and oxygen atoms in total. The van der Waals surface area contributed by atoms with Crippen molar-refractivity contribution in [3.8, 4) is 0 Å². The van der Waals surface area contributed by atoms with E-state index in [9.17, 15) is 0 Å². The van der Waals surface area contributed by atoms with E-state index in [1.54, 1.807) is 0 Å². The molecule has 0 aromatic carbocycles. The number of epoxide rings is 3. The first kappa shape index (κ1) is 9.13. The molecule has 0 aromatic rings. The Labute approximate surface area is 84.7 Å². The summed E-state index contributed by atoms with van der Waals surface area (Å²) in [6.45, 7) is 2.97. The Balaban J connectivity index is 1.39. The van der Waals surface area contributed by atoms with Gasteiger partial charge in [-0.1, -0.05) is 0 Å². The monoisotopic (exact) mass is 198 g/mol. The van der Waals surface area contributed by atoms with Crippen LogP contribution in [-0.2, 0) is 14.2 Å². The zero-order valence-electron chi connectivity index (χ0n) is 8.48. The predicted octanol–water partition coefficient (Wildman–Crippen LogP) is 1.36. The van der Waals surface area contributed by atoms with Crippen LogP contribution in [0.2, 0.25) is 0 Å². The maximum Gasteiger partial charge on any atom is 0.0812 e. The molecule has 3 heterocycles. The quantitative estimate of drug-likeness (QED) is 0.580. The first-order valence-corrected chi connectivity index (χ1v) is 5.75. The zero-order chi connectivity index (χ0) is 9.38. The topological polar surface area (TPSA) is 37.6 Å². The SMILES string of the molecule is C(CC1CO1)C(CC1CO1)CC1CO1. The molecule has 3 atom stereocenters. The van der Waals surface area contributed by atoms with Crippen LogP contribution in [0.15, 0.2) is 0 Å². The highest BCUT2D eigenvalue weighted by atomic mass is 16.6. The Morgan fingerprint density at radius 2 is 1.36 bits per heavy atom. The lowest BCUT2D eigenvalue weighted by Crippen LogP contribution is -2.09. The maximum absolute atomic E-state index is 5.29. The smallest absolute Gasteiger partial charge is 0.0812 e. The van der Waals surface area contributed by atoms with Gasteiger partial charge in [0.05, 0.1) is 38.1 Å². The van der Waals surface area contributed by atoms with Gasteiger partial charge in [0, 0.05) is 0 Å². The lowest BCUT2D eigenvalue weighted by molar-refractivity contribution is 0.283. The molecule has 0 bridgehead atoms. The van der Waals surface area contributed by atoms with Crippen molar-refractivity contribution in [2.75, 3.05) is 19.8 Å². The highest BCUT2D eigenvalue weighted by Crippen LogP contribution is 2.31. The molecule has 3 heteroatoms. The van der Waals surface area contributed by atoms with Crippen molar-refractivity contribution < 1.29 is 14.2 Å². The summed E-state index contributed by atoms with van der Waals surface area (Å²) >= 11 is 0. The molecule has 3 aliphatic rings. The average Bonchev–Trinajstić information content (AvgIpc) is 2.92. The van der Waals surface area contributed by atoms with Gasteiger partial charge in [-0.25, -0.2) is 0 Å². The fraction of sp³-hybridized carbons (Fsp3) is 1.00. The Morgan fingerprint density at radius 1 is 0.857 bits per heavy atom. The van der Waals surface area contributed by atoms with Crippen molar-refractivity contribution >= 4 is 0 Å². The molecule has 3 saturated heterocycles. The average molecular weight is 198 g/mol. The van der Waals surface area contributed by atoms with Crippen molar-refractivity contribution in [3.05, 3.63) is 0 Å². The molecular weight excluding hydrogens is 180 g/mol. The Hall–Kier alpha value is -0.120. The fourth-order valence-corrected chi connectivity index (χ4v) is 2.14. The first-order valence-electron chi connectivity index (χ1n) is 5.75. The van der Waals surface area contributed by atoms with Gasteiger partial charge in [0.2, 0.25) is 0 Å². The van der Waals surface area contributed by atoms with Gasteiger partial charge in [-0.2, -0.15) is 0 Å². The molecule has 3 unspecified atom stereocenters. The summed E-state index contributed by atoms with van der Waals surface area (Å²) in [6, 6.07) is 0. The third-order valence-corrected chi connectivity index (χ3v) is 3.30. The number of rotatable bonds is 7. The van der Waals surface area contributed by atoms with Crippen LogP contribution in [0.25, 0.3) is 0 Å². The van der Waals surface area contributed by atoms with E-state index in [4.69, 9.17) is 14.2 Å². The van der Waals surface area contributed by atoms with Crippen molar-refractivity contribution in [3.63, 3.8) is 0 Å². The molecule has 3 aliphatic heterocycles. The van der Waals surface area contributed by atoms with Gasteiger partial charge in [0.25, 0.3) is 0 Å². The molecule has 3 fully saturated rings. The third-order valence-electron chi connectivity index (χ3n) is 3.30. The van der Waals surface area contributed by atoms with Gasteiger partial charge in [0.15, 0.2) is 0 Å². The van der Waals surface area contributed by atoms with E-state index < -0.39 is 0 Å². The van der Waals surface area contributed by atoms with Crippen molar-refractivity contribution in [2.45, 2.75) is 44.0 Å². The Kier molecular flexibility index (Phi) is 2.48. The molecular formula is C11H18O3. The van der Waals surface area contributed by atoms with Gasteiger partial charge >= 0.3 is 0 Å². The van der Waals surface area contributed by atoms with E-state index in [0.717, 1.165) is 25.7 Å². The van der Waals surface area contributed by atoms with E-state index in [1.807, 2.05) is 0 Å². The van der Waals surface area contributed by atoms with Crippen LogP contribution in [0.4, 0.5) is 0 Å². The lowest BCUT2D eigenvalue weighted by atomic mass is 9.92. The van der Waals surface area contributed by atoms with E-state index in [2.05, 4.69) is 0 Å². The van der Waals surface area contributed by atoms with Gasteiger partial charge < -0.3 is 14.2 Å². The van der Waals surface area contributed by atoms with Crippen LogP contribution < -0.4 is 0 Å². The molecule has 0 aliphatic carbocycles. The molecule has 0 amide bonds. The maximum atomic E-state index is 5.29. The summed E-state index contributed by atoms with van der Waals surface area (Å²) in [5, 5.41) is 0. The van der Waals surface area contributed by atoms with Crippen LogP contribution in [0, 0.1) is 5.92 Å². The fourth-order valence-electron chi connectivity index (χ4n) is 2.14. The second kappa shape index (κ2) is 3.80. The minimum absolute atomic E-state index is 0.568. The summed E-state index contributed by atoms with van der Waals surface area (Å²) in [5.41, 5.74) is 0. The molecule has 80 valence electrons. The minimum Gasteiger partial charge on any atom is -0.373 e. The highest BCUT2D eigenvalue weighted by Gasteiger charge is 2.33. The number of hydrogen-bond acceptors (Lipinski definition) is 3. The summed E-state index contributed by atoms with van der Waals surface area (Å²) < 4.78 is 15.8. The normalized spacial score (nSPS) is 40.7. The molecule has 0 radical (unpaired) electrons.